The van der Waals surface area contributed by atoms with Crippen molar-refractivity contribution in [2.45, 2.75) is 33.1 Å². The molecule has 1 aliphatic rings. The SMILES string of the molecule is Cc1ccc(N(C)C(=O)CC(C)C2CCCNC2)cc1Cl.Cl. The maximum atomic E-state index is 12.5. The molecule has 1 heterocycles. The highest BCUT2D eigenvalue weighted by molar-refractivity contribution is 6.31. The van der Waals surface area contributed by atoms with Crippen molar-refractivity contribution in [3.63, 3.8) is 0 Å². The fourth-order valence-corrected chi connectivity index (χ4v) is 3.05. The van der Waals surface area contributed by atoms with Crippen LogP contribution in [0.15, 0.2) is 18.2 Å². The van der Waals surface area contributed by atoms with Gasteiger partial charge in [-0.3, -0.25) is 4.79 Å². The Morgan fingerprint density at radius 2 is 2.23 bits per heavy atom. The van der Waals surface area contributed by atoms with Crippen LogP contribution in [0.25, 0.3) is 0 Å². The summed E-state index contributed by atoms with van der Waals surface area (Å²) in [5.41, 5.74) is 1.90. The number of piperidine rings is 1. The molecule has 0 aromatic heterocycles. The average Bonchev–Trinajstić information content (AvgIpc) is 2.50. The third-order valence-electron chi connectivity index (χ3n) is 4.55. The Kier molecular flexibility index (Phi) is 7.67. The first-order chi connectivity index (χ1) is 9.99. The molecule has 1 aromatic rings. The minimum absolute atomic E-state index is 0. The summed E-state index contributed by atoms with van der Waals surface area (Å²) in [6.45, 7) is 6.30. The van der Waals surface area contributed by atoms with Gasteiger partial charge in [-0.05, 0) is 62.4 Å². The predicted octanol–water partition coefficient (Wildman–Crippen LogP) is 4.06. The largest absolute Gasteiger partial charge is 0.316 e. The van der Waals surface area contributed by atoms with E-state index in [0.717, 1.165) is 24.3 Å². The number of hydrogen-bond donors (Lipinski definition) is 1. The van der Waals surface area contributed by atoms with Crippen molar-refractivity contribution in [2.75, 3.05) is 25.0 Å². The van der Waals surface area contributed by atoms with Crippen LogP contribution in [0.5, 0.6) is 0 Å². The van der Waals surface area contributed by atoms with Gasteiger partial charge in [0.2, 0.25) is 5.91 Å². The lowest BCUT2D eigenvalue weighted by Gasteiger charge is -2.29. The van der Waals surface area contributed by atoms with E-state index in [0.29, 0.717) is 23.3 Å². The second-order valence-electron chi connectivity index (χ2n) is 6.17. The molecular formula is C17H26Cl2N2O. The molecule has 124 valence electrons. The lowest BCUT2D eigenvalue weighted by atomic mass is 9.85. The summed E-state index contributed by atoms with van der Waals surface area (Å²) < 4.78 is 0. The molecule has 1 aromatic carbocycles. The summed E-state index contributed by atoms with van der Waals surface area (Å²) in [4.78, 5) is 14.2. The monoisotopic (exact) mass is 344 g/mol. The number of nitrogens with zero attached hydrogens (tertiary/aromatic N) is 1. The van der Waals surface area contributed by atoms with E-state index in [2.05, 4.69) is 12.2 Å². The molecule has 1 saturated heterocycles. The summed E-state index contributed by atoms with van der Waals surface area (Å²) in [7, 11) is 1.83. The van der Waals surface area contributed by atoms with Crippen molar-refractivity contribution in [3.8, 4) is 0 Å². The Bertz CT molecular complexity index is 501. The van der Waals surface area contributed by atoms with Crippen LogP contribution in [0.4, 0.5) is 5.69 Å². The molecule has 2 unspecified atom stereocenters. The quantitative estimate of drug-likeness (QED) is 0.893. The van der Waals surface area contributed by atoms with Crippen molar-refractivity contribution in [2.24, 2.45) is 11.8 Å². The van der Waals surface area contributed by atoms with E-state index in [1.54, 1.807) is 4.90 Å². The van der Waals surface area contributed by atoms with E-state index in [4.69, 9.17) is 11.6 Å². The molecule has 0 radical (unpaired) electrons. The number of rotatable bonds is 4. The second-order valence-corrected chi connectivity index (χ2v) is 6.58. The van der Waals surface area contributed by atoms with Crippen molar-refractivity contribution < 1.29 is 4.79 Å². The Morgan fingerprint density at radius 1 is 1.50 bits per heavy atom. The van der Waals surface area contributed by atoms with Gasteiger partial charge >= 0.3 is 0 Å². The van der Waals surface area contributed by atoms with Gasteiger partial charge in [-0.15, -0.1) is 12.4 Å². The van der Waals surface area contributed by atoms with Crippen LogP contribution in [-0.4, -0.2) is 26.0 Å². The van der Waals surface area contributed by atoms with E-state index < -0.39 is 0 Å². The number of aryl methyl sites for hydroxylation is 1. The fourth-order valence-electron chi connectivity index (χ4n) is 2.88. The first-order valence-electron chi connectivity index (χ1n) is 7.72. The topological polar surface area (TPSA) is 32.3 Å². The second kappa shape index (κ2) is 8.76. The molecule has 1 fully saturated rings. The van der Waals surface area contributed by atoms with Crippen LogP contribution in [0.2, 0.25) is 5.02 Å². The van der Waals surface area contributed by atoms with Gasteiger partial charge in [-0.25, -0.2) is 0 Å². The minimum atomic E-state index is 0. The molecule has 22 heavy (non-hydrogen) atoms. The number of anilines is 1. The van der Waals surface area contributed by atoms with E-state index in [-0.39, 0.29) is 18.3 Å². The maximum absolute atomic E-state index is 12.5. The smallest absolute Gasteiger partial charge is 0.226 e. The molecule has 0 saturated carbocycles. The summed E-state index contributed by atoms with van der Waals surface area (Å²) in [5, 5.41) is 4.13. The molecule has 3 nitrogen and oxygen atoms in total. The normalized spacial score (nSPS) is 19.2. The molecule has 2 atom stereocenters. The van der Waals surface area contributed by atoms with Crippen molar-refractivity contribution >= 4 is 35.6 Å². The number of amides is 1. The van der Waals surface area contributed by atoms with Gasteiger partial charge in [0.05, 0.1) is 0 Å². The molecule has 5 heteroatoms. The summed E-state index contributed by atoms with van der Waals surface area (Å²) in [6.07, 6.45) is 3.03. The predicted molar refractivity (Wildman–Crippen MR) is 96.2 cm³/mol. The van der Waals surface area contributed by atoms with Crippen molar-refractivity contribution in [1.82, 2.24) is 5.32 Å². The summed E-state index contributed by atoms with van der Waals surface area (Å²) in [6, 6.07) is 5.77. The van der Waals surface area contributed by atoms with Crippen LogP contribution < -0.4 is 10.2 Å². The van der Waals surface area contributed by atoms with Crippen LogP contribution in [0.3, 0.4) is 0 Å². The lowest BCUT2D eigenvalue weighted by Crippen LogP contribution is -2.36. The number of carbonyl (C=O) groups excluding carboxylic acids is 1. The molecule has 0 aliphatic carbocycles. The highest BCUT2D eigenvalue weighted by Gasteiger charge is 2.23. The van der Waals surface area contributed by atoms with Crippen LogP contribution >= 0.6 is 24.0 Å². The average molecular weight is 345 g/mol. The zero-order valence-electron chi connectivity index (χ0n) is 13.6. The van der Waals surface area contributed by atoms with Crippen LogP contribution in [0, 0.1) is 18.8 Å². The Hall–Kier alpha value is -0.770. The van der Waals surface area contributed by atoms with Gasteiger partial charge in [-0.2, -0.15) is 0 Å². The first kappa shape index (κ1) is 19.3. The zero-order valence-corrected chi connectivity index (χ0v) is 15.1. The summed E-state index contributed by atoms with van der Waals surface area (Å²) in [5.74, 6) is 1.18. The van der Waals surface area contributed by atoms with E-state index in [1.165, 1.54) is 12.8 Å². The maximum Gasteiger partial charge on any atom is 0.226 e. The highest BCUT2D eigenvalue weighted by Crippen LogP contribution is 2.26. The van der Waals surface area contributed by atoms with E-state index >= 15 is 0 Å². The van der Waals surface area contributed by atoms with Crippen LogP contribution in [-0.2, 0) is 4.79 Å². The first-order valence-corrected chi connectivity index (χ1v) is 8.10. The minimum Gasteiger partial charge on any atom is -0.316 e. The molecule has 2 rings (SSSR count). The lowest BCUT2D eigenvalue weighted by molar-refractivity contribution is -0.119. The van der Waals surface area contributed by atoms with Gasteiger partial charge < -0.3 is 10.2 Å². The van der Waals surface area contributed by atoms with Crippen molar-refractivity contribution in [1.29, 1.82) is 0 Å². The Labute approximate surface area is 144 Å². The molecule has 0 bridgehead atoms. The van der Waals surface area contributed by atoms with Crippen LogP contribution in [0.1, 0.15) is 31.7 Å². The van der Waals surface area contributed by atoms with Gasteiger partial charge in [0.25, 0.3) is 0 Å². The Morgan fingerprint density at radius 3 is 2.82 bits per heavy atom. The number of nitrogens with one attached hydrogen (secondary N) is 1. The van der Waals surface area contributed by atoms with Gasteiger partial charge in [0, 0.05) is 24.2 Å². The molecule has 1 aliphatic heterocycles. The standard InChI is InChI=1S/C17H25ClN2O.ClH/c1-12-6-7-15(10-16(12)18)20(3)17(21)9-13(2)14-5-4-8-19-11-14;/h6-7,10,13-14,19H,4-5,8-9,11H2,1-3H3;1H. The fraction of sp³-hybridized carbons (Fsp3) is 0.588. The third kappa shape index (κ3) is 4.87. The molecular weight excluding hydrogens is 319 g/mol. The Balaban J connectivity index is 0.00000242. The van der Waals surface area contributed by atoms with E-state index in [1.807, 2.05) is 32.2 Å². The number of benzene rings is 1. The molecule has 0 spiro atoms. The highest BCUT2D eigenvalue weighted by atomic mass is 35.5. The summed E-state index contributed by atoms with van der Waals surface area (Å²) >= 11 is 6.14. The van der Waals surface area contributed by atoms with Gasteiger partial charge in [-0.1, -0.05) is 24.6 Å². The van der Waals surface area contributed by atoms with Gasteiger partial charge in [0.1, 0.15) is 0 Å². The third-order valence-corrected chi connectivity index (χ3v) is 4.96. The number of halogens is 2. The number of carbonyl (C=O) groups is 1. The van der Waals surface area contributed by atoms with Crippen molar-refractivity contribution in [3.05, 3.63) is 28.8 Å². The zero-order chi connectivity index (χ0) is 15.4. The number of hydrogen-bond acceptors (Lipinski definition) is 2. The van der Waals surface area contributed by atoms with Gasteiger partial charge in [0.15, 0.2) is 0 Å². The molecule has 1 amide bonds. The molecule has 1 N–H and O–H groups in total. The van der Waals surface area contributed by atoms with E-state index in [9.17, 15) is 4.79 Å².